The number of hydrogen-bond donors (Lipinski definition) is 1. The number of urea groups is 1. The van der Waals surface area contributed by atoms with Crippen molar-refractivity contribution in [2.24, 2.45) is 0 Å². The molecule has 0 spiro atoms. The van der Waals surface area contributed by atoms with E-state index in [-0.39, 0.29) is 22.8 Å². The average Bonchev–Trinajstić information content (AvgIpc) is 2.82. The monoisotopic (exact) mass is 310 g/mol. The van der Waals surface area contributed by atoms with E-state index in [1.54, 1.807) is 12.1 Å². The molecule has 2 saturated heterocycles. The van der Waals surface area contributed by atoms with Crippen LogP contribution in [0.3, 0.4) is 0 Å². The Bertz CT molecular complexity index is 595. The standard InChI is InChI=1S/C13H15ClN4O3/c14-11-2-1-9(5-12(11)18(20)21)7-16-3-4-17-10(8-16)6-15-13(17)19/h1-2,5,10H,3-4,6-8H2,(H,15,19). The number of nitro groups is 1. The third kappa shape index (κ3) is 2.79. The fourth-order valence-electron chi connectivity index (χ4n) is 2.87. The molecule has 0 bridgehead atoms. The Morgan fingerprint density at radius 1 is 1.43 bits per heavy atom. The zero-order chi connectivity index (χ0) is 15.0. The van der Waals surface area contributed by atoms with Crippen LogP contribution < -0.4 is 5.32 Å². The summed E-state index contributed by atoms with van der Waals surface area (Å²) in [5.41, 5.74) is 0.794. The van der Waals surface area contributed by atoms with Gasteiger partial charge < -0.3 is 10.2 Å². The minimum atomic E-state index is -0.469. The van der Waals surface area contributed by atoms with Crippen LogP contribution in [0.25, 0.3) is 0 Å². The maximum absolute atomic E-state index is 11.5. The van der Waals surface area contributed by atoms with Gasteiger partial charge in [0.05, 0.1) is 11.0 Å². The van der Waals surface area contributed by atoms with Gasteiger partial charge in [-0.2, -0.15) is 0 Å². The van der Waals surface area contributed by atoms with Crippen molar-refractivity contribution in [2.75, 3.05) is 26.2 Å². The number of carbonyl (C=O) groups is 1. The van der Waals surface area contributed by atoms with Gasteiger partial charge in [-0.05, 0) is 11.6 Å². The topological polar surface area (TPSA) is 78.7 Å². The highest BCUT2D eigenvalue weighted by Gasteiger charge is 2.35. The van der Waals surface area contributed by atoms with Crippen LogP contribution in [0.1, 0.15) is 5.56 Å². The van der Waals surface area contributed by atoms with E-state index >= 15 is 0 Å². The van der Waals surface area contributed by atoms with Crippen LogP contribution in [-0.4, -0.2) is 53.0 Å². The Labute approximate surface area is 126 Å². The molecule has 0 aromatic heterocycles. The molecule has 21 heavy (non-hydrogen) atoms. The van der Waals surface area contributed by atoms with Gasteiger partial charge in [-0.3, -0.25) is 15.0 Å². The summed E-state index contributed by atoms with van der Waals surface area (Å²) in [6.07, 6.45) is 0. The molecule has 2 amide bonds. The second-order valence-electron chi connectivity index (χ2n) is 5.31. The average molecular weight is 311 g/mol. The van der Waals surface area contributed by atoms with Gasteiger partial charge in [-0.15, -0.1) is 0 Å². The molecule has 3 rings (SSSR count). The third-order valence-corrected chi connectivity index (χ3v) is 4.25. The van der Waals surface area contributed by atoms with Gasteiger partial charge in [-0.25, -0.2) is 4.79 Å². The van der Waals surface area contributed by atoms with E-state index in [1.807, 2.05) is 4.90 Å². The molecule has 2 fully saturated rings. The lowest BCUT2D eigenvalue weighted by atomic mass is 10.1. The van der Waals surface area contributed by atoms with Crippen LogP contribution in [0.2, 0.25) is 5.02 Å². The normalized spacial score (nSPS) is 22.0. The van der Waals surface area contributed by atoms with Crippen molar-refractivity contribution in [2.45, 2.75) is 12.6 Å². The first kappa shape index (κ1) is 14.1. The molecule has 8 heteroatoms. The zero-order valence-corrected chi connectivity index (χ0v) is 12.0. The highest BCUT2D eigenvalue weighted by atomic mass is 35.5. The minimum Gasteiger partial charge on any atom is -0.336 e. The second-order valence-corrected chi connectivity index (χ2v) is 5.72. The predicted molar refractivity (Wildman–Crippen MR) is 77.3 cm³/mol. The summed E-state index contributed by atoms with van der Waals surface area (Å²) in [5.74, 6) is 0. The fraction of sp³-hybridized carbons (Fsp3) is 0.462. The van der Waals surface area contributed by atoms with E-state index < -0.39 is 4.92 Å². The van der Waals surface area contributed by atoms with Crippen molar-refractivity contribution >= 4 is 23.3 Å². The maximum Gasteiger partial charge on any atom is 0.317 e. The number of fused-ring (bicyclic) bond motifs is 1. The number of amides is 2. The first-order valence-electron chi connectivity index (χ1n) is 6.74. The number of piperazine rings is 1. The van der Waals surface area contributed by atoms with Crippen molar-refractivity contribution in [3.05, 3.63) is 38.9 Å². The van der Waals surface area contributed by atoms with Gasteiger partial charge in [-0.1, -0.05) is 17.7 Å². The molecule has 2 aliphatic heterocycles. The van der Waals surface area contributed by atoms with Crippen LogP contribution in [0.15, 0.2) is 18.2 Å². The number of carbonyl (C=O) groups excluding carboxylic acids is 1. The zero-order valence-electron chi connectivity index (χ0n) is 11.3. The molecule has 1 unspecified atom stereocenters. The summed E-state index contributed by atoms with van der Waals surface area (Å²) in [6.45, 7) is 3.51. The number of hydrogen-bond acceptors (Lipinski definition) is 4. The first-order valence-corrected chi connectivity index (χ1v) is 7.12. The summed E-state index contributed by atoms with van der Waals surface area (Å²) in [4.78, 5) is 26.0. The molecule has 0 saturated carbocycles. The van der Waals surface area contributed by atoms with Crippen molar-refractivity contribution in [1.82, 2.24) is 15.1 Å². The van der Waals surface area contributed by atoms with Crippen molar-refractivity contribution < 1.29 is 9.72 Å². The molecular weight excluding hydrogens is 296 g/mol. The van der Waals surface area contributed by atoms with E-state index in [4.69, 9.17) is 11.6 Å². The molecule has 2 aliphatic rings. The van der Waals surface area contributed by atoms with Gasteiger partial charge >= 0.3 is 6.03 Å². The van der Waals surface area contributed by atoms with Crippen LogP contribution in [0.4, 0.5) is 10.5 Å². The lowest BCUT2D eigenvalue weighted by molar-refractivity contribution is -0.384. The second kappa shape index (κ2) is 5.50. The molecule has 1 aromatic rings. The predicted octanol–water partition coefficient (Wildman–Crippen LogP) is 1.46. The number of halogens is 1. The smallest absolute Gasteiger partial charge is 0.317 e. The molecule has 2 heterocycles. The molecule has 0 aliphatic carbocycles. The van der Waals surface area contributed by atoms with E-state index in [2.05, 4.69) is 10.2 Å². The van der Waals surface area contributed by atoms with Crippen LogP contribution in [-0.2, 0) is 6.54 Å². The number of nitrogens with zero attached hydrogens (tertiary/aromatic N) is 3. The Morgan fingerprint density at radius 2 is 2.24 bits per heavy atom. The Morgan fingerprint density at radius 3 is 3.00 bits per heavy atom. The third-order valence-electron chi connectivity index (χ3n) is 3.93. The first-order chi connectivity index (χ1) is 10.0. The Balaban J connectivity index is 1.69. The number of benzene rings is 1. The van der Waals surface area contributed by atoms with Gasteiger partial charge in [0.2, 0.25) is 0 Å². The summed E-state index contributed by atoms with van der Waals surface area (Å²) in [7, 11) is 0. The molecule has 0 radical (unpaired) electrons. The van der Waals surface area contributed by atoms with Crippen molar-refractivity contribution in [3.8, 4) is 0 Å². The fourth-order valence-corrected chi connectivity index (χ4v) is 3.05. The summed E-state index contributed by atoms with van der Waals surface area (Å²) < 4.78 is 0. The Hall–Kier alpha value is -1.86. The van der Waals surface area contributed by atoms with Crippen molar-refractivity contribution in [1.29, 1.82) is 0 Å². The minimum absolute atomic E-state index is 0.00165. The largest absolute Gasteiger partial charge is 0.336 e. The van der Waals surface area contributed by atoms with E-state index in [0.29, 0.717) is 19.6 Å². The number of nitro benzene ring substituents is 1. The lowest BCUT2D eigenvalue weighted by Crippen LogP contribution is -2.51. The van der Waals surface area contributed by atoms with E-state index in [0.717, 1.165) is 18.7 Å². The van der Waals surface area contributed by atoms with Gasteiger partial charge in [0.15, 0.2) is 0 Å². The highest BCUT2D eigenvalue weighted by molar-refractivity contribution is 6.32. The molecular formula is C13H15ClN4O3. The highest BCUT2D eigenvalue weighted by Crippen LogP contribution is 2.26. The van der Waals surface area contributed by atoms with Gasteiger partial charge in [0, 0.05) is 38.8 Å². The molecule has 7 nitrogen and oxygen atoms in total. The molecule has 1 N–H and O–H groups in total. The van der Waals surface area contributed by atoms with Crippen LogP contribution in [0.5, 0.6) is 0 Å². The van der Waals surface area contributed by atoms with E-state index in [1.165, 1.54) is 6.07 Å². The SMILES string of the molecule is O=C1NCC2CN(Cc3ccc(Cl)c([N+](=O)[O-])c3)CCN12. The van der Waals surface area contributed by atoms with E-state index in [9.17, 15) is 14.9 Å². The summed E-state index contributed by atoms with van der Waals surface area (Å²) >= 11 is 5.82. The van der Waals surface area contributed by atoms with Crippen LogP contribution in [0, 0.1) is 10.1 Å². The maximum atomic E-state index is 11.5. The molecule has 1 aromatic carbocycles. The summed E-state index contributed by atoms with van der Waals surface area (Å²) in [5, 5.41) is 13.9. The number of nitrogens with one attached hydrogen (secondary N) is 1. The van der Waals surface area contributed by atoms with Crippen LogP contribution >= 0.6 is 11.6 Å². The van der Waals surface area contributed by atoms with Gasteiger partial charge in [0.25, 0.3) is 5.69 Å². The quantitative estimate of drug-likeness (QED) is 0.677. The van der Waals surface area contributed by atoms with Crippen molar-refractivity contribution in [3.63, 3.8) is 0 Å². The summed E-state index contributed by atoms with van der Waals surface area (Å²) in [6, 6.07) is 5.08. The van der Waals surface area contributed by atoms with Gasteiger partial charge in [0.1, 0.15) is 5.02 Å². The lowest BCUT2D eigenvalue weighted by Gasteiger charge is -2.36. The number of rotatable bonds is 3. The molecule has 1 atom stereocenters. The molecule has 112 valence electrons. The Kier molecular flexibility index (Phi) is 3.69.